The molecule has 0 unspecified atom stereocenters. The number of hydrogen-bond acceptors (Lipinski definition) is 2. The minimum absolute atomic E-state index is 0.0354. The van der Waals surface area contributed by atoms with E-state index in [1.807, 2.05) is 19.1 Å². The smallest absolute Gasteiger partial charge is 0.269 e. The molecular formula is C16H19N3O. The predicted octanol–water partition coefficient (Wildman–Crippen LogP) is 2.26. The van der Waals surface area contributed by atoms with Crippen molar-refractivity contribution in [3.63, 3.8) is 0 Å². The summed E-state index contributed by atoms with van der Waals surface area (Å²) >= 11 is 0. The van der Waals surface area contributed by atoms with E-state index in [0.717, 1.165) is 18.7 Å². The molecule has 0 bridgehead atoms. The summed E-state index contributed by atoms with van der Waals surface area (Å²) in [7, 11) is 1.80. The third kappa shape index (κ3) is 2.59. The first-order valence-corrected chi connectivity index (χ1v) is 6.99. The zero-order chi connectivity index (χ0) is 14.1. The standard InChI is InChI=1S/C16H19N3O/c1-11-8-15(19(2)18-11)16(20)17-10-13-9-14(13)12-6-4-3-5-7-12/h3-8,13-14H,9-10H2,1-2H3,(H,17,20)/t13-,14-/m0/s1. The van der Waals surface area contributed by atoms with Crippen LogP contribution in [0, 0.1) is 12.8 Å². The third-order valence-corrected chi connectivity index (χ3v) is 3.91. The molecule has 1 heterocycles. The van der Waals surface area contributed by atoms with E-state index < -0.39 is 0 Å². The number of amides is 1. The summed E-state index contributed by atoms with van der Waals surface area (Å²) in [6, 6.07) is 12.3. The van der Waals surface area contributed by atoms with Crippen molar-refractivity contribution in [2.75, 3.05) is 6.54 Å². The molecule has 0 aliphatic heterocycles. The summed E-state index contributed by atoms with van der Waals surface area (Å²) in [6.45, 7) is 2.63. The number of nitrogens with one attached hydrogen (secondary N) is 1. The number of aryl methyl sites for hydroxylation is 2. The summed E-state index contributed by atoms with van der Waals surface area (Å²) in [6.07, 6.45) is 1.16. The van der Waals surface area contributed by atoms with Gasteiger partial charge in [-0.2, -0.15) is 5.10 Å². The predicted molar refractivity (Wildman–Crippen MR) is 77.6 cm³/mol. The minimum atomic E-state index is -0.0354. The van der Waals surface area contributed by atoms with Crippen LogP contribution in [0.2, 0.25) is 0 Å². The van der Waals surface area contributed by atoms with Gasteiger partial charge in [-0.15, -0.1) is 0 Å². The summed E-state index contributed by atoms with van der Waals surface area (Å²) in [5.74, 6) is 1.13. The maximum absolute atomic E-state index is 12.1. The van der Waals surface area contributed by atoms with Crippen LogP contribution in [-0.2, 0) is 7.05 Å². The monoisotopic (exact) mass is 269 g/mol. The normalized spacial score (nSPS) is 20.7. The van der Waals surface area contributed by atoms with E-state index in [1.54, 1.807) is 11.7 Å². The van der Waals surface area contributed by atoms with Gasteiger partial charge in [0, 0.05) is 13.6 Å². The second-order valence-corrected chi connectivity index (χ2v) is 5.52. The molecule has 1 amide bonds. The van der Waals surface area contributed by atoms with Gasteiger partial charge in [0.15, 0.2) is 0 Å². The van der Waals surface area contributed by atoms with Gasteiger partial charge in [0.1, 0.15) is 5.69 Å². The highest BCUT2D eigenvalue weighted by Crippen LogP contribution is 2.46. The molecule has 0 radical (unpaired) electrons. The van der Waals surface area contributed by atoms with Gasteiger partial charge in [-0.25, -0.2) is 0 Å². The molecule has 2 atom stereocenters. The maximum Gasteiger partial charge on any atom is 0.269 e. The van der Waals surface area contributed by atoms with E-state index in [-0.39, 0.29) is 5.91 Å². The van der Waals surface area contributed by atoms with E-state index in [0.29, 0.717) is 17.5 Å². The summed E-state index contributed by atoms with van der Waals surface area (Å²) in [4.78, 5) is 12.1. The molecule has 1 aliphatic rings. The molecule has 3 rings (SSSR count). The Kier molecular flexibility index (Phi) is 3.30. The summed E-state index contributed by atoms with van der Waals surface area (Å²) in [5.41, 5.74) is 2.87. The summed E-state index contributed by atoms with van der Waals surface area (Å²) in [5, 5.41) is 7.21. The van der Waals surface area contributed by atoms with Crippen LogP contribution in [0.1, 0.15) is 34.1 Å². The van der Waals surface area contributed by atoms with E-state index in [4.69, 9.17) is 0 Å². The highest BCUT2D eigenvalue weighted by molar-refractivity contribution is 5.92. The number of carbonyl (C=O) groups excluding carboxylic acids is 1. The largest absolute Gasteiger partial charge is 0.350 e. The third-order valence-electron chi connectivity index (χ3n) is 3.91. The molecule has 0 spiro atoms. The van der Waals surface area contributed by atoms with E-state index in [9.17, 15) is 4.79 Å². The molecule has 20 heavy (non-hydrogen) atoms. The molecule has 4 nitrogen and oxygen atoms in total. The van der Waals surface area contributed by atoms with Crippen LogP contribution >= 0.6 is 0 Å². The van der Waals surface area contributed by atoms with E-state index in [2.05, 4.69) is 34.7 Å². The molecular weight excluding hydrogens is 250 g/mol. The minimum Gasteiger partial charge on any atom is -0.350 e. The van der Waals surface area contributed by atoms with Gasteiger partial charge in [-0.05, 0) is 36.8 Å². The van der Waals surface area contributed by atoms with Crippen LogP contribution in [0.4, 0.5) is 0 Å². The van der Waals surface area contributed by atoms with Gasteiger partial charge in [-0.1, -0.05) is 30.3 Å². The Morgan fingerprint density at radius 2 is 2.15 bits per heavy atom. The van der Waals surface area contributed by atoms with E-state index >= 15 is 0 Å². The zero-order valence-corrected chi connectivity index (χ0v) is 11.8. The molecule has 0 saturated heterocycles. The van der Waals surface area contributed by atoms with Crippen LogP contribution in [-0.4, -0.2) is 22.2 Å². The second-order valence-electron chi connectivity index (χ2n) is 5.52. The molecule has 104 valence electrons. The van der Waals surface area contributed by atoms with Gasteiger partial charge in [0.2, 0.25) is 0 Å². The fraction of sp³-hybridized carbons (Fsp3) is 0.375. The highest BCUT2D eigenvalue weighted by Gasteiger charge is 2.38. The van der Waals surface area contributed by atoms with Crippen molar-refractivity contribution in [3.8, 4) is 0 Å². The fourth-order valence-corrected chi connectivity index (χ4v) is 2.72. The molecule has 1 aromatic heterocycles. The van der Waals surface area contributed by atoms with Crippen molar-refractivity contribution in [1.82, 2.24) is 15.1 Å². The van der Waals surface area contributed by atoms with Crippen molar-refractivity contribution >= 4 is 5.91 Å². The first kappa shape index (κ1) is 12.9. The quantitative estimate of drug-likeness (QED) is 0.925. The SMILES string of the molecule is Cc1cc(C(=O)NC[C@@H]2C[C@H]2c2ccccc2)n(C)n1. The Morgan fingerprint density at radius 3 is 2.80 bits per heavy atom. The number of carbonyl (C=O) groups is 1. The number of hydrogen-bond donors (Lipinski definition) is 1. The Hall–Kier alpha value is -2.10. The fourth-order valence-electron chi connectivity index (χ4n) is 2.72. The van der Waals surface area contributed by atoms with Crippen molar-refractivity contribution < 1.29 is 4.79 Å². The Morgan fingerprint density at radius 1 is 1.40 bits per heavy atom. The number of benzene rings is 1. The average molecular weight is 269 g/mol. The van der Waals surface area contributed by atoms with Crippen LogP contribution in [0.15, 0.2) is 36.4 Å². The van der Waals surface area contributed by atoms with Crippen molar-refractivity contribution in [2.45, 2.75) is 19.3 Å². The Bertz CT molecular complexity index is 618. The van der Waals surface area contributed by atoms with Crippen molar-refractivity contribution in [1.29, 1.82) is 0 Å². The molecule has 1 fully saturated rings. The molecule has 2 aromatic rings. The first-order valence-electron chi connectivity index (χ1n) is 6.99. The second kappa shape index (κ2) is 5.12. The van der Waals surface area contributed by atoms with Gasteiger partial charge in [0.25, 0.3) is 5.91 Å². The van der Waals surface area contributed by atoms with Crippen LogP contribution in [0.25, 0.3) is 0 Å². The number of nitrogens with zero attached hydrogens (tertiary/aromatic N) is 2. The lowest BCUT2D eigenvalue weighted by Crippen LogP contribution is -2.27. The zero-order valence-electron chi connectivity index (χ0n) is 11.8. The molecule has 1 aliphatic carbocycles. The molecule has 1 aromatic carbocycles. The lowest BCUT2D eigenvalue weighted by molar-refractivity contribution is 0.0942. The molecule has 1 saturated carbocycles. The molecule has 1 N–H and O–H groups in total. The van der Waals surface area contributed by atoms with Gasteiger partial charge >= 0.3 is 0 Å². The van der Waals surface area contributed by atoms with Gasteiger partial charge < -0.3 is 5.32 Å². The van der Waals surface area contributed by atoms with Crippen molar-refractivity contribution in [2.24, 2.45) is 13.0 Å². The average Bonchev–Trinajstić information content (AvgIpc) is 3.15. The molecule has 4 heteroatoms. The lowest BCUT2D eigenvalue weighted by Gasteiger charge is -2.05. The van der Waals surface area contributed by atoms with Crippen LogP contribution in [0.3, 0.4) is 0 Å². The van der Waals surface area contributed by atoms with Gasteiger partial charge in [-0.3, -0.25) is 9.48 Å². The Labute approximate surface area is 118 Å². The lowest BCUT2D eigenvalue weighted by atomic mass is 10.1. The highest BCUT2D eigenvalue weighted by atomic mass is 16.2. The number of aromatic nitrogens is 2. The Balaban J connectivity index is 1.54. The van der Waals surface area contributed by atoms with Crippen LogP contribution < -0.4 is 5.32 Å². The summed E-state index contributed by atoms with van der Waals surface area (Å²) < 4.78 is 1.63. The number of rotatable bonds is 4. The van der Waals surface area contributed by atoms with E-state index in [1.165, 1.54) is 5.56 Å². The van der Waals surface area contributed by atoms with Crippen LogP contribution in [0.5, 0.6) is 0 Å². The first-order chi connectivity index (χ1) is 9.65. The topological polar surface area (TPSA) is 46.9 Å². The van der Waals surface area contributed by atoms with Crippen molar-refractivity contribution in [3.05, 3.63) is 53.3 Å². The maximum atomic E-state index is 12.1. The van der Waals surface area contributed by atoms with Gasteiger partial charge in [0.05, 0.1) is 5.69 Å².